The molecule has 0 spiro atoms. The maximum atomic E-state index is 14.3. The Kier molecular flexibility index (Phi) is 10.9. The minimum absolute atomic E-state index is 0.0316. The molecule has 3 heterocycles. The molecule has 252 valence electrons. The number of aryl methyl sites for hydroxylation is 1. The summed E-state index contributed by atoms with van der Waals surface area (Å²) < 4.78 is 11.2. The Bertz CT molecular complexity index is 1500. The quantitative estimate of drug-likeness (QED) is 0.207. The normalized spacial score (nSPS) is 22.9. The molecule has 0 aliphatic heterocycles. The van der Waals surface area contributed by atoms with Gasteiger partial charge in [0, 0.05) is 61.3 Å². The van der Waals surface area contributed by atoms with Crippen LogP contribution in [0.15, 0.2) is 41.1 Å². The number of hydrogen-bond donors (Lipinski definition) is 2. The number of aliphatic hydroxyl groups is 1. The Hall–Kier alpha value is -3.79. The zero-order chi connectivity index (χ0) is 32.8. The summed E-state index contributed by atoms with van der Waals surface area (Å²) >= 11 is 0. The zero-order valence-corrected chi connectivity index (χ0v) is 27.8. The Morgan fingerprint density at radius 2 is 1.72 bits per heavy atom. The average molecular weight is 644 g/mol. The summed E-state index contributed by atoms with van der Waals surface area (Å²) in [4.78, 5) is 43.0. The first kappa shape index (κ1) is 33.1. The van der Waals surface area contributed by atoms with E-state index in [0.29, 0.717) is 49.5 Å². The smallest absolute Gasteiger partial charge is 0.231 e. The lowest BCUT2D eigenvalue weighted by molar-refractivity contribution is -0.124. The number of methoxy groups -OCH3 is 1. The van der Waals surface area contributed by atoms with E-state index >= 15 is 0 Å². The maximum Gasteiger partial charge on any atom is 0.231 e. The van der Waals surface area contributed by atoms with Crippen molar-refractivity contribution < 1.29 is 23.8 Å². The third-order valence-corrected chi connectivity index (χ3v) is 10.3. The van der Waals surface area contributed by atoms with E-state index < -0.39 is 0 Å². The number of rotatable bonds is 13. The third-order valence-electron chi connectivity index (χ3n) is 10.3. The topological polar surface area (TPSA) is 131 Å². The van der Waals surface area contributed by atoms with Crippen molar-refractivity contribution in [3.8, 4) is 17.0 Å². The molecule has 3 aromatic heterocycles. The van der Waals surface area contributed by atoms with Gasteiger partial charge in [-0.1, -0.05) is 0 Å². The predicted octanol–water partition coefficient (Wildman–Crippen LogP) is 6.33. The van der Waals surface area contributed by atoms with E-state index in [1.165, 1.54) is 0 Å². The number of aliphatic hydroxyl groups excluding tert-OH is 1. The molecule has 10 nitrogen and oxygen atoms in total. The molecule has 3 aliphatic rings. The van der Waals surface area contributed by atoms with E-state index in [9.17, 15) is 9.59 Å². The van der Waals surface area contributed by atoms with Crippen molar-refractivity contribution >= 4 is 17.6 Å². The SMILES string of the molecule is COc1ccc(C2CCC(CN(C(=O)C3CCC(CC(=O)NCCCO)CC3)c3cc(-c4coc(C5CC5)n4)ccn3)CC2)nc1C. The van der Waals surface area contributed by atoms with Crippen molar-refractivity contribution in [1.82, 2.24) is 20.3 Å². The summed E-state index contributed by atoms with van der Waals surface area (Å²) in [7, 11) is 1.68. The second-order valence-corrected chi connectivity index (χ2v) is 13.8. The lowest BCUT2D eigenvalue weighted by Gasteiger charge is -2.35. The van der Waals surface area contributed by atoms with Gasteiger partial charge in [0.15, 0.2) is 5.89 Å². The summed E-state index contributed by atoms with van der Waals surface area (Å²) in [5, 5.41) is 11.9. The van der Waals surface area contributed by atoms with Gasteiger partial charge in [0.2, 0.25) is 11.8 Å². The van der Waals surface area contributed by atoms with Crippen molar-refractivity contribution in [2.24, 2.45) is 17.8 Å². The van der Waals surface area contributed by atoms with Crippen LogP contribution in [0.3, 0.4) is 0 Å². The van der Waals surface area contributed by atoms with Gasteiger partial charge >= 0.3 is 0 Å². The van der Waals surface area contributed by atoms with Crippen LogP contribution in [0.25, 0.3) is 11.3 Å². The highest BCUT2D eigenvalue weighted by molar-refractivity contribution is 5.94. The Morgan fingerprint density at radius 3 is 2.43 bits per heavy atom. The Labute approximate surface area is 277 Å². The number of nitrogens with zero attached hydrogens (tertiary/aromatic N) is 4. The molecule has 2 amide bonds. The number of carbonyl (C=O) groups is 2. The number of pyridine rings is 2. The summed E-state index contributed by atoms with van der Waals surface area (Å²) in [5.74, 6) is 3.84. The summed E-state index contributed by atoms with van der Waals surface area (Å²) in [6, 6.07) is 8.04. The van der Waals surface area contributed by atoms with Crippen molar-refractivity contribution in [2.45, 2.75) is 95.8 Å². The van der Waals surface area contributed by atoms with E-state index in [4.69, 9.17) is 29.2 Å². The van der Waals surface area contributed by atoms with Gasteiger partial charge in [-0.3, -0.25) is 19.5 Å². The Morgan fingerprint density at radius 1 is 0.979 bits per heavy atom. The van der Waals surface area contributed by atoms with E-state index in [1.54, 1.807) is 19.6 Å². The first-order valence-corrected chi connectivity index (χ1v) is 17.5. The lowest BCUT2D eigenvalue weighted by Crippen LogP contribution is -2.42. The largest absolute Gasteiger partial charge is 0.495 e. The molecule has 0 bridgehead atoms. The number of ether oxygens (including phenoxy) is 1. The maximum absolute atomic E-state index is 14.3. The summed E-state index contributed by atoms with van der Waals surface area (Å²) in [5.41, 5.74) is 3.73. The molecule has 10 heteroatoms. The monoisotopic (exact) mass is 643 g/mol. The van der Waals surface area contributed by atoms with Gasteiger partial charge in [-0.2, -0.15) is 0 Å². The van der Waals surface area contributed by atoms with Crippen LogP contribution in [0.2, 0.25) is 0 Å². The van der Waals surface area contributed by atoms with Crippen LogP contribution in [-0.4, -0.2) is 58.7 Å². The van der Waals surface area contributed by atoms with Gasteiger partial charge in [-0.15, -0.1) is 0 Å². The van der Waals surface area contributed by atoms with E-state index in [-0.39, 0.29) is 30.3 Å². The predicted molar refractivity (Wildman–Crippen MR) is 179 cm³/mol. The molecule has 3 aliphatic carbocycles. The zero-order valence-electron chi connectivity index (χ0n) is 27.8. The van der Waals surface area contributed by atoms with E-state index in [2.05, 4.69) is 11.4 Å². The fourth-order valence-corrected chi connectivity index (χ4v) is 7.34. The van der Waals surface area contributed by atoms with Crippen molar-refractivity contribution in [2.75, 3.05) is 31.7 Å². The second kappa shape index (κ2) is 15.4. The number of nitrogens with one attached hydrogen (secondary N) is 1. The van der Waals surface area contributed by atoms with Crippen LogP contribution in [0.4, 0.5) is 5.82 Å². The number of oxazole rings is 1. The van der Waals surface area contributed by atoms with Crippen LogP contribution < -0.4 is 15.0 Å². The Balaban J connectivity index is 1.14. The highest BCUT2D eigenvalue weighted by atomic mass is 16.5. The van der Waals surface area contributed by atoms with Gasteiger partial charge in [-0.25, -0.2) is 9.97 Å². The first-order valence-electron chi connectivity index (χ1n) is 17.5. The fraction of sp³-hybridized carbons (Fsp3) is 0.595. The van der Waals surface area contributed by atoms with Gasteiger partial charge in [0.1, 0.15) is 23.5 Å². The number of aromatic nitrogens is 3. The standard InChI is InChI=1S/C37H49N5O5/c1-24-33(46-2)15-14-31(40-24)27-8-6-26(7-9-27)22-42(34-21-30(16-18-38-34)32-23-47-36(41-32)28-12-13-28)37(45)29-10-4-25(5-11-29)20-35(44)39-17-3-19-43/h14-16,18,21,23,25-29,43H,3-13,17,19-20,22H2,1-2H3,(H,39,44). The van der Waals surface area contributed by atoms with E-state index in [1.807, 2.05) is 30.0 Å². The molecule has 3 saturated carbocycles. The van der Waals surface area contributed by atoms with Gasteiger partial charge in [0.25, 0.3) is 0 Å². The minimum atomic E-state index is -0.0921. The average Bonchev–Trinajstić information content (AvgIpc) is 3.83. The molecule has 6 rings (SSSR count). The van der Waals surface area contributed by atoms with Crippen LogP contribution in [-0.2, 0) is 9.59 Å². The van der Waals surface area contributed by atoms with Crippen LogP contribution in [0, 0.1) is 24.7 Å². The highest BCUT2D eigenvalue weighted by Crippen LogP contribution is 2.41. The molecule has 47 heavy (non-hydrogen) atoms. The molecule has 0 radical (unpaired) electrons. The van der Waals surface area contributed by atoms with Crippen LogP contribution in [0.1, 0.15) is 106 Å². The molecule has 0 aromatic carbocycles. The number of amides is 2. The molecule has 3 fully saturated rings. The summed E-state index contributed by atoms with van der Waals surface area (Å²) in [6.07, 6.45) is 14.1. The minimum Gasteiger partial charge on any atom is -0.495 e. The first-order chi connectivity index (χ1) is 22.9. The molecule has 0 unspecified atom stereocenters. The molecule has 0 atom stereocenters. The highest BCUT2D eigenvalue weighted by Gasteiger charge is 2.34. The third kappa shape index (κ3) is 8.39. The van der Waals surface area contributed by atoms with Crippen molar-refractivity contribution in [1.29, 1.82) is 0 Å². The van der Waals surface area contributed by atoms with Crippen LogP contribution >= 0.6 is 0 Å². The number of anilines is 1. The summed E-state index contributed by atoms with van der Waals surface area (Å²) in [6.45, 7) is 3.20. The second-order valence-electron chi connectivity index (χ2n) is 13.8. The molecule has 3 aromatic rings. The molecule has 2 N–H and O–H groups in total. The van der Waals surface area contributed by atoms with Gasteiger partial charge < -0.3 is 19.6 Å². The molecular weight excluding hydrogens is 594 g/mol. The van der Waals surface area contributed by atoms with Crippen LogP contribution in [0.5, 0.6) is 5.75 Å². The van der Waals surface area contributed by atoms with Crippen molar-refractivity contribution in [3.63, 3.8) is 0 Å². The van der Waals surface area contributed by atoms with Gasteiger partial charge in [-0.05, 0) is 114 Å². The van der Waals surface area contributed by atoms with Crippen molar-refractivity contribution in [3.05, 3.63) is 54.0 Å². The number of carbonyl (C=O) groups excluding carboxylic acids is 2. The molecular formula is C37H49N5O5. The fourth-order valence-electron chi connectivity index (χ4n) is 7.34. The van der Waals surface area contributed by atoms with Gasteiger partial charge in [0.05, 0.1) is 12.8 Å². The lowest BCUT2D eigenvalue weighted by atomic mass is 9.78. The van der Waals surface area contributed by atoms with E-state index in [0.717, 1.165) is 98.5 Å². The molecule has 0 saturated heterocycles. The number of hydrogen-bond acceptors (Lipinski definition) is 8.